The molecule has 0 spiro atoms. The molecule has 0 aliphatic rings. The van der Waals surface area contributed by atoms with Crippen LogP contribution in [0.25, 0.3) is 0 Å². The molecule has 7 heteroatoms. The van der Waals surface area contributed by atoms with E-state index in [9.17, 15) is 4.79 Å². The maximum atomic E-state index is 11.8. The summed E-state index contributed by atoms with van der Waals surface area (Å²) in [5.41, 5.74) is 3.43. The van der Waals surface area contributed by atoms with Gasteiger partial charge >= 0.3 is 0 Å². The third kappa shape index (κ3) is 7.04. The number of amides is 1. The Morgan fingerprint density at radius 1 is 0.879 bits per heavy atom. The Morgan fingerprint density at radius 2 is 1.55 bits per heavy atom. The molecule has 0 saturated heterocycles. The Bertz CT molecular complexity index is 1090. The van der Waals surface area contributed by atoms with Gasteiger partial charge in [-0.1, -0.05) is 55.2 Å². The summed E-state index contributed by atoms with van der Waals surface area (Å²) in [4.78, 5) is 11.8. The standard InChI is InChI=1S/C26H28Cl2N2O3/c1-4-32-24-13-19(15-29-20-9-11-21(12-10-20)30-26(31)17(2)3)23(28)14-25(24)33-16-18-7-5-6-8-22(18)27/h5-14,17,29H,4,15-16H2,1-3H3,(H,30,31). The van der Waals surface area contributed by atoms with Gasteiger partial charge in [-0.25, -0.2) is 0 Å². The lowest BCUT2D eigenvalue weighted by Crippen LogP contribution is -2.17. The number of rotatable bonds is 10. The van der Waals surface area contributed by atoms with Crippen LogP contribution in [-0.2, 0) is 17.9 Å². The van der Waals surface area contributed by atoms with Crippen LogP contribution in [-0.4, -0.2) is 12.5 Å². The normalized spacial score (nSPS) is 10.7. The fraction of sp³-hybridized carbons (Fsp3) is 0.269. The highest BCUT2D eigenvalue weighted by Gasteiger charge is 2.13. The predicted molar refractivity (Wildman–Crippen MR) is 136 cm³/mol. The number of ether oxygens (including phenoxy) is 2. The molecular weight excluding hydrogens is 459 g/mol. The van der Waals surface area contributed by atoms with Crippen LogP contribution in [0.3, 0.4) is 0 Å². The summed E-state index contributed by atoms with van der Waals surface area (Å²) in [5.74, 6) is 1.11. The number of benzene rings is 3. The maximum Gasteiger partial charge on any atom is 0.226 e. The number of nitrogens with one attached hydrogen (secondary N) is 2. The molecule has 0 radical (unpaired) electrons. The van der Waals surface area contributed by atoms with E-state index in [1.165, 1.54) is 0 Å². The summed E-state index contributed by atoms with van der Waals surface area (Å²) in [6, 6.07) is 18.7. The highest BCUT2D eigenvalue weighted by Crippen LogP contribution is 2.35. The second-order valence-corrected chi connectivity index (χ2v) is 8.59. The minimum Gasteiger partial charge on any atom is -0.490 e. The minimum absolute atomic E-state index is 0.0113. The topological polar surface area (TPSA) is 59.6 Å². The largest absolute Gasteiger partial charge is 0.490 e. The molecule has 3 aromatic rings. The van der Waals surface area contributed by atoms with Crippen LogP contribution in [0.15, 0.2) is 60.7 Å². The third-order valence-corrected chi connectivity index (χ3v) is 5.63. The molecule has 0 unspecified atom stereocenters. The van der Waals surface area contributed by atoms with E-state index in [0.29, 0.717) is 41.3 Å². The second kappa shape index (κ2) is 11.8. The average Bonchev–Trinajstić information content (AvgIpc) is 2.80. The van der Waals surface area contributed by atoms with Crippen molar-refractivity contribution in [3.8, 4) is 11.5 Å². The van der Waals surface area contributed by atoms with E-state index in [-0.39, 0.29) is 11.8 Å². The van der Waals surface area contributed by atoms with E-state index in [4.69, 9.17) is 32.7 Å². The van der Waals surface area contributed by atoms with Gasteiger partial charge < -0.3 is 20.1 Å². The van der Waals surface area contributed by atoms with Crippen molar-refractivity contribution in [1.29, 1.82) is 0 Å². The Kier molecular flexibility index (Phi) is 8.87. The zero-order chi connectivity index (χ0) is 23.8. The Labute approximate surface area is 205 Å². The SMILES string of the molecule is CCOc1cc(CNc2ccc(NC(=O)C(C)C)cc2)c(Cl)cc1OCc1ccccc1Cl. The Hall–Kier alpha value is -2.89. The first kappa shape index (κ1) is 24.7. The van der Waals surface area contributed by atoms with Crippen molar-refractivity contribution in [2.75, 3.05) is 17.2 Å². The number of hydrogen-bond acceptors (Lipinski definition) is 4. The number of hydrogen-bond donors (Lipinski definition) is 2. The van der Waals surface area contributed by atoms with Gasteiger partial charge in [0.2, 0.25) is 5.91 Å². The first-order valence-electron chi connectivity index (χ1n) is 10.8. The lowest BCUT2D eigenvalue weighted by Gasteiger charge is -2.16. The molecule has 0 fully saturated rings. The van der Waals surface area contributed by atoms with E-state index >= 15 is 0 Å². The van der Waals surface area contributed by atoms with Gasteiger partial charge in [-0.2, -0.15) is 0 Å². The molecular formula is C26H28Cl2N2O3. The zero-order valence-corrected chi connectivity index (χ0v) is 20.5. The lowest BCUT2D eigenvalue weighted by molar-refractivity contribution is -0.118. The molecule has 3 aromatic carbocycles. The van der Waals surface area contributed by atoms with Crippen molar-refractivity contribution in [1.82, 2.24) is 0 Å². The lowest BCUT2D eigenvalue weighted by atomic mass is 10.1. The quantitative estimate of drug-likeness (QED) is 0.318. The molecule has 174 valence electrons. The highest BCUT2D eigenvalue weighted by atomic mass is 35.5. The molecule has 0 heterocycles. The molecule has 2 N–H and O–H groups in total. The van der Waals surface area contributed by atoms with Crippen molar-refractivity contribution in [3.63, 3.8) is 0 Å². The molecule has 0 aliphatic heterocycles. The van der Waals surface area contributed by atoms with Crippen LogP contribution < -0.4 is 20.1 Å². The zero-order valence-electron chi connectivity index (χ0n) is 19.0. The van der Waals surface area contributed by atoms with Crippen LogP contribution >= 0.6 is 23.2 Å². The number of anilines is 2. The third-order valence-electron chi connectivity index (χ3n) is 4.91. The van der Waals surface area contributed by atoms with Crippen LogP contribution in [0.5, 0.6) is 11.5 Å². The molecule has 1 amide bonds. The molecule has 0 aromatic heterocycles. The highest BCUT2D eigenvalue weighted by molar-refractivity contribution is 6.31. The van der Waals surface area contributed by atoms with Gasteiger partial charge in [0.1, 0.15) is 6.61 Å². The van der Waals surface area contributed by atoms with Crippen LogP contribution in [0.1, 0.15) is 31.9 Å². The van der Waals surface area contributed by atoms with Crippen molar-refractivity contribution in [3.05, 3.63) is 81.8 Å². The smallest absolute Gasteiger partial charge is 0.226 e. The van der Waals surface area contributed by atoms with E-state index in [2.05, 4.69) is 10.6 Å². The van der Waals surface area contributed by atoms with Gasteiger partial charge in [0, 0.05) is 45.5 Å². The van der Waals surface area contributed by atoms with Gasteiger partial charge in [0.25, 0.3) is 0 Å². The first-order chi connectivity index (χ1) is 15.9. The maximum absolute atomic E-state index is 11.8. The minimum atomic E-state index is -0.0684. The number of halogens is 2. The predicted octanol–water partition coefficient (Wildman–Crippen LogP) is 7.18. The molecule has 0 saturated carbocycles. The van der Waals surface area contributed by atoms with Gasteiger partial charge in [-0.05, 0) is 48.9 Å². The fourth-order valence-corrected chi connectivity index (χ4v) is 3.43. The van der Waals surface area contributed by atoms with Gasteiger partial charge in [0.15, 0.2) is 11.5 Å². The van der Waals surface area contributed by atoms with Gasteiger partial charge in [0.05, 0.1) is 6.61 Å². The average molecular weight is 487 g/mol. The Morgan fingerprint density at radius 3 is 2.21 bits per heavy atom. The van der Waals surface area contributed by atoms with Crippen molar-refractivity contribution in [2.45, 2.75) is 33.9 Å². The monoisotopic (exact) mass is 486 g/mol. The summed E-state index contributed by atoms with van der Waals surface area (Å²) < 4.78 is 11.8. The second-order valence-electron chi connectivity index (χ2n) is 7.78. The Balaban J connectivity index is 1.67. The molecule has 0 bridgehead atoms. The van der Waals surface area contributed by atoms with Crippen LogP contribution in [0.2, 0.25) is 10.0 Å². The molecule has 3 rings (SSSR count). The number of carbonyl (C=O) groups excluding carboxylic acids is 1. The van der Waals surface area contributed by atoms with Gasteiger partial charge in [-0.3, -0.25) is 4.79 Å². The van der Waals surface area contributed by atoms with Crippen molar-refractivity contribution < 1.29 is 14.3 Å². The summed E-state index contributed by atoms with van der Waals surface area (Å²) in [5, 5.41) is 7.45. The van der Waals surface area contributed by atoms with Crippen molar-refractivity contribution >= 4 is 40.5 Å². The molecule has 0 atom stereocenters. The van der Waals surface area contributed by atoms with E-state index in [1.54, 1.807) is 6.07 Å². The summed E-state index contributed by atoms with van der Waals surface area (Å²) >= 11 is 12.8. The first-order valence-corrected chi connectivity index (χ1v) is 11.6. The van der Waals surface area contributed by atoms with E-state index in [0.717, 1.165) is 22.5 Å². The fourth-order valence-electron chi connectivity index (χ4n) is 3.02. The molecule has 5 nitrogen and oxygen atoms in total. The summed E-state index contributed by atoms with van der Waals surface area (Å²) in [7, 11) is 0. The van der Waals surface area contributed by atoms with E-state index < -0.39 is 0 Å². The summed E-state index contributed by atoms with van der Waals surface area (Å²) in [6.07, 6.45) is 0. The molecule has 33 heavy (non-hydrogen) atoms. The van der Waals surface area contributed by atoms with Crippen LogP contribution in [0.4, 0.5) is 11.4 Å². The van der Waals surface area contributed by atoms with Crippen LogP contribution in [0, 0.1) is 5.92 Å². The number of carbonyl (C=O) groups is 1. The molecule has 0 aliphatic carbocycles. The summed E-state index contributed by atoms with van der Waals surface area (Å²) in [6.45, 7) is 6.95. The van der Waals surface area contributed by atoms with E-state index in [1.807, 2.05) is 75.4 Å². The van der Waals surface area contributed by atoms with Crippen molar-refractivity contribution in [2.24, 2.45) is 5.92 Å². The van der Waals surface area contributed by atoms with Gasteiger partial charge in [-0.15, -0.1) is 0 Å².